The van der Waals surface area contributed by atoms with E-state index in [2.05, 4.69) is 21.2 Å². The van der Waals surface area contributed by atoms with E-state index >= 15 is 0 Å². The maximum atomic E-state index is 13.0. The molecule has 0 fully saturated rings. The molecule has 1 unspecified atom stereocenters. The highest BCUT2D eigenvalue weighted by Gasteiger charge is 2.17. The van der Waals surface area contributed by atoms with Crippen LogP contribution in [0.5, 0.6) is 0 Å². The molecular formula is C14H13BrFNOS. The molecule has 100 valence electrons. The van der Waals surface area contributed by atoms with Crippen LogP contribution in [-0.4, -0.2) is 11.2 Å². The van der Waals surface area contributed by atoms with Crippen molar-refractivity contribution in [2.24, 2.45) is 0 Å². The quantitative estimate of drug-likeness (QED) is 0.821. The summed E-state index contributed by atoms with van der Waals surface area (Å²) in [5, 5.41) is 5.56. The second-order valence-electron chi connectivity index (χ2n) is 4.01. The molecule has 2 nitrogen and oxygen atoms in total. The second kappa shape index (κ2) is 6.82. The average Bonchev–Trinajstić information content (AvgIpc) is 2.91. The van der Waals surface area contributed by atoms with E-state index in [-0.39, 0.29) is 17.8 Å². The van der Waals surface area contributed by atoms with Gasteiger partial charge in [-0.2, -0.15) is 0 Å². The summed E-state index contributed by atoms with van der Waals surface area (Å²) in [5.41, 5.74) is 0.881. The summed E-state index contributed by atoms with van der Waals surface area (Å²) in [6.07, 6.45) is 0.420. The lowest BCUT2D eigenvalue weighted by molar-refractivity contribution is -0.121. The van der Waals surface area contributed by atoms with Gasteiger partial charge >= 0.3 is 0 Å². The topological polar surface area (TPSA) is 29.1 Å². The van der Waals surface area contributed by atoms with Crippen LogP contribution >= 0.6 is 27.3 Å². The highest BCUT2D eigenvalue weighted by molar-refractivity contribution is 9.09. The third-order valence-electron chi connectivity index (χ3n) is 2.66. The van der Waals surface area contributed by atoms with E-state index in [4.69, 9.17) is 0 Å². The predicted molar refractivity (Wildman–Crippen MR) is 79.1 cm³/mol. The lowest BCUT2D eigenvalue weighted by atomic mass is 10.1. The Labute approximate surface area is 123 Å². The Balaban J connectivity index is 2.24. The molecule has 1 aromatic heterocycles. The van der Waals surface area contributed by atoms with Crippen LogP contribution in [0.1, 0.15) is 22.9 Å². The van der Waals surface area contributed by atoms with Gasteiger partial charge < -0.3 is 5.32 Å². The molecule has 0 saturated heterocycles. The van der Waals surface area contributed by atoms with Crippen LogP contribution in [0, 0.1) is 5.82 Å². The van der Waals surface area contributed by atoms with Crippen LogP contribution < -0.4 is 5.32 Å². The third kappa shape index (κ3) is 3.88. The molecular weight excluding hydrogens is 329 g/mol. The molecule has 19 heavy (non-hydrogen) atoms. The van der Waals surface area contributed by atoms with Crippen molar-refractivity contribution < 1.29 is 9.18 Å². The molecule has 1 aromatic carbocycles. The lowest BCUT2D eigenvalue weighted by Crippen LogP contribution is -2.28. The molecule has 1 atom stereocenters. The van der Waals surface area contributed by atoms with Crippen molar-refractivity contribution in [2.75, 3.05) is 5.33 Å². The molecule has 0 bridgehead atoms. The summed E-state index contributed by atoms with van der Waals surface area (Å²) in [6, 6.07) is 9.91. The smallest absolute Gasteiger partial charge is 0.221 e. The van der Waals surface area contributed by atoms with Crippen molar-refractivity contribution in [3.8, 4) is 0 Å². The molecule has 5 heteroatoms. The number of hydrogen-bond acceptors (Lipinski definition) is 2. The number of halogens is 2. The highest BCUT2D eigenvalue weighted by atomic mass is 79.9. The van der Waals surface area contributed by atoms with Gasteiger partial charge in [-0.05, 0) is 29.1 Å². The molecule has 0 aliphatic rings. The lowest BCUT2D eigenvalue weighted by Gasteiger charge is -2.18. The van der Waals surface area contributed by atoms with Gasteiger partial charge in [0, 0.05) is 16.6 Å². The molecule has 0 aliphatic heterocycles. The van der Waals surface area contributed by atoms with E-state index < -0.39 is 0 Å². The Hall–Kier alpha value is -1.20. The van der Waals surface area contributed by atoms with Crippen molar-refractivity contribution in [2.45, 2.75) is 12.5 Å². The number of nitrogens with one attached hydrogen (secondary N) is 1. The Kier molecular flexibility index (Phi) is 5.10. The van der Waals surface area contributed by atoms with Crippen LogP contribution in [0.2, 0.25) is 0 Å². The molecule has 2 rings (SSSR count). The minimum absolute atomic E-state index is 0.0281. The van der Waals surface area contributed by atoms with E-state index in [1.54, 1.807) is 23.5 Å². The maximum Gasteiger partial charge on any atom is 0.221 e. The van der Waals surface area contributed by atoms with Crippen molar-refractivity contribution >= 4 is 33.2 Å². The van der Waals surface area contributed by atoms with Gasteiger partial charge in [-0.25, -0.2) is 4.39 Å². The number of benzene rings is 1. The van der Waals surface area contributed by atoms with Gasteiger partial charge in [0.15, 0.2) is 0 Å². The molecule has 1 N–H and O–H groups in total. The third-order valence-corrected chi connectivity index (χ3v) is 3.99. The van der Waals surface area contributed by atoms with Gasteiger partial charge in [-0.15, -0.1) is 11.3 Å². The Morgan fingerprint density at radius 1 is 1.32 bits per heavy atom. The van der Waals surface area contributed by atoms with E-state index in [0.717, 1.165) is 10.4 Å². The first-order valence-corrected chi connectivity index (χ1v) is 7.85. The second-order valence-corrected chi connectivity index (χ2v) is 5.78. The molecule has 0 radical (unpaired) electrons. The summed E-state index contributed by atoms with van der Waals surface area (Å²) in [4.78, 5) is 12.8. The molecule has 2 aromatic rings. The first-order chi connectivity index (χ1) is 9.20. The number of thiophene rings is 1. The summed E-state index contributed by atoms with van der Waals surface area (Å²) in [5.74, 6) is -0.305. The first kappa shape index (κ1) is 14.2. The summed E-state index contributed by atoms with van der Waals surface area (Å²) in [6.45, 7) is 0. The van der Waals surface area contributed by atoms with Crippen LogP contribution in [0.25, 0.3) is 0 Å². The zero-order valence-electron chi connectivity index (χ0n) is 10.1. The number of hydrogen-bond donors (Lipinski definition) is 1. The predicted octanol–water partition coefficient (Wildman–Crippen LogP) is 3.88. The van der Waals surface area contributed by atoms with Crippen molar-refractivity contribution in [1.82, 2.24) is 5.32 Å². The summed E-state index contributed by atoms with van der Waals surface area (Å²) < 4.78 is 13.0. The van der Waals surface area contributed by atoms with E-state index in [0.29, 0.717) is 11.8 Å². The van der Waals surface area contributed by atoms with Gasteiger partial charge in [0.25, 0.3) is 0 Å². The van der Waals surface area contributed by atoms with Crippen LogP contribution in [0.3, 0.4) is 0 Å². The number of rotatable bonds is 5. The van der Waals surface area contributed by atoms with Crippen LogP contribution in [0.4, 0.5) is 4.39 Å². The zero-order valence-corrected chi connectivity index (χ0v) is 12.5. The van der Waals surface area contributed by atoms with Crippen LogP contribution in [-0.2, 0) is 4.79 Å². The van der Waals surface area contributed by atoms with Crippen LogP contribution in [0.15, 0.2) is 41.8 Å². The van der Waals surface area contributed by atoms with Crippen molar-refractivity contribution in [3.63, 3.8) is 0 Å². The van der Waals surface area contributed by atoms with Gasteiger partial charge in [0.05, 0.1) is 6.04 Å². The van der Waals surface area contributed by atoms with E-state index in [1.807, 2.05) is 17.5 Å². The fourth-order valence-electron chi connectivity index (χ4n) is 1.75. The van der Waals surface area contributed by atoms with Crippen molar-refractivity contribution in [1.29, 1.82) is 0 Å². The molecule has 1 heterocycles. The Morgan fingerprint density at radius 2 is 2.05 bits per heavy atom. The maximum absolute atomic E-state index is 13.0. The molecule has 0 aliphatic carbocycles. The zero-order chi connectivity index (χ0) is 13.7. The van der Waals surface area contributed by atoms with Gasteiger partial charge in [-0.3, -0.25) is 4.79 Å². The van der Waals surface area contributed by atoms with E-state index in [1.165, 1.54) is 12.1 Å². The van der Waals surface area contributed by atoms with Gasteiger partial charge in [0.2, 0.25) is 5.91 Å². The number of carbonyl (C=O) groups excluding carboxylic acids is 1. The fourth-order valence-corrected chi connectivity index (χ4v) is 2.91. The minimum Gasteiger partial charge on any atom is -0.344 e. The first-order valence-electron chi connectivity index (χ1n) is 5.85. The summed E-state index contributed by atoms with van der Waals surface area (Å²) in [7, 11) is 0. The highest BCUT2D eigenvalue weighted by Crippen LogP contribution is 2.26. The number of amides is 1. The SMILES string of the molecule is O=C(CCBr)NC(c1ccc(F)cc1)c1cccs1. The molecule has 0 spiro atoms. The molecule has 0 saturated carbocycles. The molecule has 1 amide bonds. The van der Waals surface area contributed by atoms with Crippen molar-refractivity contribution in [3.05, 3.63) is 58.0 Å². The Bertz CT molecular complexity index is 527. The number of alkyl halides is 1. The van der Waals surface area contributed by atoms with Gasteiger partial charge in [0.1, 0.15) is 5.82 Å². The Morgan fingerprint density at radius 3 is 2.63 bits per heavy atom. The summed E-state index contributed by atoms with van der Waals surface area (Å²) >= 11 is 4.82. The minimum atomic E-state index is -0.277. The average molecular weight is 342 g/mol. The van der Waals surface area contributed by atoms with Gasteiger partial charge in [-0.1, -0.05) is 34.1 Å². The largest absolute Gasteiger partial charge is 0.344 e. The normalized spacial score (nSPS) is 12.1. The monoisotopic (exact) mass is 341 g/mol. The van der Waals surface area contributed by atoms with E-state index in [9.17, 15) is 9.18 Å². The fraction of sp³-hybridized carbons (Fsp3) is 0.214. The number of carbonyl (C=O) groups is 1. The standard InChI is InChI=1S/C14H13BrFNOS/c15-8-7-13(18)17-14(12-2-1-9-19-12)10-3-5-11(16)6-4-10/h1-6,9,14H,7-8H2,(H,17,18).